The Labute approximate surface area is 99.7 Å². The van der Waals surface area contributed by atoms with Crippen molar-refractivity contribution in [1.29, 1.82) is 0 Å². The van der Waals surface area contributed by atoms with Gasteiger partial charge in [0, 0.05) is 6.20 Å². The predicted molar refractivity (Wildman–Crippen MR) is 65.7 cm³/mol. The first kappa shape index (κ1) is 13.0. The van der Waals surface area contributed by atoms with Crippen LogP contribution in [0.2, 0.25) is 0 Å². The predicted octanol–water partition coefficient (Wildman–Crippen LogP) is 1.95. The highest BCUT2D eigenvalue weighted by Gasteiger charge is 2.12. The summed E-state index contributed by atoms with van der Waals surface area (Å²) in [4.78, 5) is 8.86. The maximum atomic E-state index is 9.36. The van der Waals surface area contributed by atoms with Crippen LogP contribution < -0.4 is 0 Å². The second-order valence-corrected chi connectivity index (χ2v) is 4.61. The molecule has 0 aliphatic carbocycles. The lowest BCUT2D eigenvalue weighted by Gasteiger charge is -2.12. The molecule has 0 aliphatic heterocycles. The molecular formula is C11H16N2O2S. The van der Waals surface area contributed by atoms with Crippen LogP contribution in [0.1, 0.15) is 13.3 Å². The molecule has 16 heavy (non-hydrogen) atoms. The Morgan fingerprint density at radius 1 is 1.62 bits per heavy atom. The average molecular weight is 240 g/mol. The maximum Gasteiger partial charge on any atom is 0.106 e. The summed E-state index contributed by atoms with van der Waals surface area (Å²) in [5, 5.41) is 14.1. The highest BCUT2D eigenvalue weighted by Crippen LogP contribution is 2.23. The molecule has 1 N–H and O–H groups in total. The van der Waals surface area contributed by atoms with Gasteiger partial charge < -0.3 is 9.94 Å². The molecular weight excluding hydrogens is 224 g/mol. The normalized spacial score (nSPS) is 14.9. The number of nitrogens with zero attached hydrogens (tertiary/aromatic N) is 2. The molecule has 1 heterocycles. The molecule has 0 amide bonds. The van der Waals surface area contributed by atoms with Crippen LogP contribution in [0.3, 0.4) is 0 Å². The fourth-order valence-electron chi connectivity index (χ4n) is 1.18. The van der Waals surface area contributed by atoms with Gasteiger partial charge in [-0.1, -0.05) is 23.0 Å². The zero-order valence-corrected chi connectivity index (χ0v) is 10.2. The van der Waals surface area contributed by atoms with Crippen LogP contribution in [-0.4, -0.2) is 34.8 Å². The van der Waals surface area contributed by atoms with Gasteiger partial charge in [0.05, 0.1) is 22.6 Å². The van der Waals surface area contributed by atoms with E-state index in [1.165, 1.54) is 7.11 Å². The highest BCUT2D eigenvalue weighted by molar-refractivity contribution is 8.00. The zero-order valence-electron chi connectivity index (χ0n) is 9.41. The van der Waals surface area contributed by atoms with Gasteiger partial charge in [-0.3, -0.25) is 0 Å². The Morgan fingerprint density at radius 2 is 2.44 bits per heavy atom. The quantitative estimate of drug-likeness (QED) is 0.469. The molecule has 1 rings (SSSR count). The van der Waals surface area contributed by atoms with E-state index in [0.29, 0.717) is 6.42 Å². The van der Waals surface area contributed by atoms with Crippen molar-refractivity contribution in [3.05, 3.63) is 24.4 Å². The van der Waals surface area contributed by atoms with Crippen molar-refractivity contribution in [3.8, 4) is 0 Å². The van der Waals surface area contributed by atoms with Crippen molar-refractivity contribution in [1.82, 2.24) is 4.98 Å². The van der Waals surface area contributed by atoms with Gasteiger partial charge in [-0.15, -0.1) is 0 Å². The van der Waals surface area contributed by atoms with Crippen LogP contribution in [0, 0.1) is 0 Å². The Balaban J connectivity index is 2.59. The minimum atomic E-state index is -0.371. The molecule has 1 aromatic rings. The van der Waals surface area contributed by atoms with E-state index in [2.05, 4.69) is 15.0 Å². The van der Waals surface area contributed by atoms with Crippen molar-refractivity contribution in [3.63, 3.8) is 0 Å². The molecule has 5 heteroatoms. The second-order valence-electron chi connectivity index (χ2n) is 3.35. The topological polar surface area (TPSA) is 54.7 Å². The van der Waals surface area contributed by atoms with Gasteiger partial charge in [-0.25, -0.2) is 4.98 Å². The molecule has 2 unspecified atom stereocenters. The molecule has 0 aromatic carbocycles. The molecule has 0 fully saturated rings. The van der Waals surface area contributed by atoms with Gasteiger partial charge in [0.25, 0.3) is 0 Å². The third-order valence-corrected chi connectivity index (χ3v) is 2.92. The summed E-state index contributed by atoms with van der Waals surface area (Å²) in [5.74, 6) is 0. The Hall–Kier alpha value is -1.07. The average Bonchev–Trinajstić information content (AvgIpc) is 2.26. The lowest BCUT2D eigenvalue weighted by Crippen LogP contribution is -2.13. The lowest BCUT2D eigenvalue weighted by molar-refractivity contribution is 0.187. The standard InChI is InChI=1S/C11H16N2O2S/c1-9(14)7-10(8-13-15-2)16-11-5-3-4-6-12-11/h3-6,8-10,14H,7H2,1-2H3/b13-8+. The van der Waals surface area contributed by atoms with Crippen LogP contribution in [-0.2, 0) is 4.84 Å². The maximum absolute atomic E-state index is 9.36. The van der Waals surface area contributed by atoms with Crippen LogP contribution in [0.25, 0.3) is 0 Å². The molecule has 0 saturated carbocycles. The van der Waals surface area contributed by atoms with Crippen molar-refractivity contribution < 1.29 is 9.94 Å². The van der Waals surface area contributed by atoms with Crippen molar-refractivity contribution in [2.75, 3.05) is 7.11 Å². The smallest absolute Gasteiger partial charge is 0.106 e. The van der Waals surface area contributed by atoms with Crippen molar-refractivity contribution in [2.45, 2.75) is 29.7 Å². The summed E-state index contributed by atoms with van der Waals surface area (Å²) in [7, 11) is 1.50. The van der Waals surface area contributed by atoms with Gasteiger partial charge in [-0.2, -0.15) is 0 Å². The van der Waals surface area contributed by atoms with E-state index < -0.39 is 0 Å². The van der Waals surface area contributed by atoms with E-state index >= 15 is 0 Å². The van der Waals surface area contributed by atoms with E-state index in [0.717, 1.165) is 5.03 Å². The minimum absolute atomic E-state index is 0.0647. The first-order valence-electron chi connectivity index (χ1n) is 5.04. The SMILES string of the molecule is CO/N=C/C(CC(C)O)Sc1ccccn1. The number of oxime groups is 1. The molecule has 4 nitrogen and oxygen atoms in total. The first-order chi connectivity index (χ1) is 7.72. The molecule has 0 bridgehead atoms. The van der Waals surface area contributed by atoms with Crippen LogP contribution in [0.15, 0.2) is 34.6 Å². The van der Waals surface area contributed by atoms with Gasteiger partial charge in [0.2, 0.25) is 0 Å². The molecule has 1 aromatic heterocycles. The molecule has 0 radical (unpaired) electrons. The number of hydrogen-bond donors (Lipinski definition) is 1. The second kappa shape index (κ2) is 7.24. The van der Waals surface area contributed by atoms with Crippen molar-refractivity contribution in [2.24, 2.45) is 5.16 Å². The van der Waals surface area contributed by atoms with Gasteiger partial charge in [-0.05, 0) is 25.5 Å². The van der Waals surface area contributed by atoms with Crippen LogP contribution in [0.5, 0.6) is 0 Å². The fourth-order valence-corrected chi connectivity index (χ4v) is 2.25. The fraction of sp³-hybridized carbons (Fsp3) is 0.455. The first-order valence-corrected chi connectivity index (χ1v) is 5.92. The summed E-state index contributed by atoms with van der Waals surface area (Å²) in [6, 6.07) is 5.74. The summed E-state index contributed by atoms with van der Waals surface area (Å²) in [5.41, 5.74) is 0. The van der Waals surface area contributed by atoms with Crippen molar-refractivity contribution >= 4 is 18.0 Å². The summed E-state index contributed by atoms with van der Waals surface area (Å²) in [6.07, 6.45) is 3.68. The lowest BCUT2D eigenvalue weighted by atomic mass is 10.2. The minimum Gasteiger partial charge on any atom is -0.399 e. The van der Waals surface area contributed by atoms with E-state index in [1.807, 2.05) is 18.2 Å². The number of rotatable bonds is 6. The molecule has 0 aliphatic rings. The number of pyridine rings is 1. The van der Waals surface area contributed by atoms with E-state index in [-0.39, 0.29) is 11.4 Å². The zero-order chi connectivity index (χ0) is 11.8. The van der Waals surface area contributed by atoms with Gasteiger partial charge in [0.15, 0.2) is 0 Å². The number of aromatic nitrogens is 1. The van der Waals surface area contributed by atoms with E-state index in [4.69, 9.17) is 0 Å². The van der Waals surface area contributed by atoms with Gasteiger partial charge >= 0.3 is 0 Å². The monoisotopic (exact) mass is 240 g/mol. The van der Waals surface area contributed by atoms with Crippen LogP contribution >= 0.6 is 11.8 Å². The van der Waals surface area contributed by atoms with E-state index in [9.17, 15) is 5.11 Å². The number of aliphatic hydroxyl groups is 1. The number of hydrogen-bond acceptors (Lipinski definition) is 5. The highest BCUT2D eigenvalue weighted by atomic mass is 32.2. The molecule has 2 atom stereocenters. The molecule has 0 spiro atoms. The summed E-state index contributed by atoms with van der Waals surface area (Å²) >= 11 is 1.56. The number of thioether (sulfide) groups is 1. The van der Waals surface area contributed by atoms with Gasteiger partial charge in [0.1, 0.15) is 7.11 Å². The Bertz CT molecular complexity index is 317. The molecule has 0 saturated heterocycles. The third kappa shape index (κ3) is 5.14. The van der Waals surface area contributed by atoms with Crippen LogP contribution in [0.4, 0.5) is 0 Å². The third-order valence-electron chi connectivity index (χ3n) is 1.82. The summed E-state index contributed by atoms with van der Waals surface area (Å²) < 4.78 is 0. The molecule has 88 valence electrons. The largest absolute Gasteiger partial charge is 0.399 e. The summed E-state index contributed by atoms with van der Waals surface area (Å²) in [6.45, 7) is 1.76. The number of aliphatic hydroxyl groups excluding tert-OH is 1. The van der Waals surface area contributed by atoms with E-state index in [1.54, 1.807) is 31.1 Å². The Morgan fingerprint density at radius 3 is 3.00 bits per heavy atom. The Kier molecular flexibility index (Phi) is 5.88.